The molecule has 0 aromatic heterocycles. The van der Waals surface area contributed by atoms with E-state index in [-0.39, 0.29) is 0 Å². The minimum Gasteiger partial charge on any atom is -0.377 e. The quantitative estimate of drug-likeness (QED) is 0.752. The summed E-state index contributed by atoms with van der Waals surface area (Å²) in [6.45, 7) is 3.04. The molecule has 0 radical (unpaired) electrons. The summed E-state index contributed by atoms with van der Waals surface area (Å²) in [5.74, 6) is 0.811. The van der Waals surface area contributed by atoms with E-state index in [0.29, 0.717) is 11.5 Å². The molecule has 3 heteroatoms. The molecule has 16 heavy (non-hydrogen) atoms. The third kappa shape index (κ3) is 3.35. The first kappa shape index (κ1) is 12.7. The highest BCUT2D eigenvalue weighted by atomic mass is 35.5. The molecule has 0 aromatic carbocycles. The van der Waals surface area contributed by atoms with Crippen molar-refractivity contribution >= 4 is 11.6 Å². The van der Waals surface area contributed by atoms with Gasteiger partial charge in [-0.2, -0.15) is 0 Å². The van der Waals surface area contributed by atoms with Gasteiger partial charge < -0.3 is 10.1 Å². The van der Waals surface area contributed by atoms with Crippen molar-refractivity contribution in [2.45, 2.75) is 51.0 Å². The van der Waals surface area contributed by atoms with Crippen LogP contribution in [0.4, 0.5) is 0 Å². The van der Waals surface area contributed by atoms with E-state index in [0.717, 1.165) is 25.6 Å². The second kappa shape index (κ2) is 6.23. The minimum absolute atomic E-state index is 0.385. The third-order valence-electron chi connectivity index (χ3n) is 4.09. The molecular weight excluding hydrogens is 222 g/mol. The second-order valence-electron chi connectivity index (χ2n) is 5.46. The van der Waals surface area contributed by atoms with E-state index in [1.807, 2.05) is 0 Å². The van der Waals surface area contributed by atoms with Crippen molar-refractivity contribution in [2.75, 3.05) is 25.6 Å². The maximum atomic E-state index is 6.11. The molecule has 2 rings (SSSR count). The molecule has 1 atom stereocenters. The Balaban J connectivity index is 1.66. The van der Waals surface area contributed by atoms with E-state index in [2.05, 4.69) is 5.32 Å². The van der Waals surface area contributed by atoms with Crippen molar-refractivity contribution in [3.63, 3.8) is 0 Å². The van der Waals surface area contributed by atoms with E-state index >= 15 is 0 Å². The number of hydrogen-bond acceptors (Lipinski definition) is 2. The molecule has 0 spiro atoms. The normalized spacial score (nSPS) is 29.4. The number of nitrogens with one attached hydrogen (secondary N) is 1. The molecule has 1 unspecified atom stereocenters. The zero-order valence-corrected chi connectivity index (χ0v) is 10.9. The molecule has 1 aliphatic carbocycles. The Bertz CT molecular complexity index is 198. The highest BCUT2D eigenvalue weighted by Crippen LogP contribution is 2.38. The van der Waals surface area contributed by atoms with Crippen molar-refractivity contribution in [3.05, 3.63) is 0 Å². The van der Waals surface area contributed by atoms with E-state index in [9.17, 15) is 0 Å². The van der Waals surface area contributed by atoms with Crippen molar-refractivity contribution in [3.8, 4) is 0 Å². The smallest absolute Gasteiger partial charge is 0.0699 e. The Morgan fingerprint density at radius 2 is 2.00 bits per heavy atom. The van der Waals surface area contributed by atoms with Gasteiger partial charge in [0, 0.05) is 25.6 Å². The summed E-state index contributed by atoms with van der Waals surface area (Å²) in [6, 6.07) is 0. The van der Waals surface area contributed by atoms with Gasteiger partial charge >= 0.3 is 0 Å². The molecule has 1 N–H and O–H groups in total. The summed E-state index contributed by atoms with van der Waals surface area (Å²) in [4.78, 5) is 0. The zero-order chi connectivity index (χ0) is 11.3. The van der Waals surface area contributed by atoms with Crippen LogP contribution in [0.15, 0.2) is 0 Å². The first-order chi connectivity index (χ1) is 7.85. The summed E-state index contributed by atoms with van der Waals surface area (Å²) < 4.78 is 5.71. The molecular formula is C13H24ClNO. The van der Waals surface area contributed by atoms with Crippen molar-refractivity contribution in [1.82, 2.24) is 5.32 Å². The van der Waals surface area contributed by atoms with Gasteiger partial charge in [-0.05, 0) is 37.5 Å². The molecule has 0 amide bonds. The van der Waals surface area contributed by atoms with Crippen LogP contribution in [0.3, 0.4) is 0 Å². The predicted molar refractivity (Wildman–Crippen MR) is 68.1 cm³/mol. The minimum atomic E-state index is 0.385. The molecule has 0 aromatic rings. The lowest BCUT2D eigenvalue weighted by Crippen LogP contribution is -2.39. The number of rotatable bonds is 5. The molecule has 1 saturated carbocycles. The van der Waals surface area contributed by atoms with Crippen LogP contribution in [0.5, 0.6) is 0 Å². The fraction of sp³-hybridized carbons (Fsp3) is 1.00. The van der Waals surface area contributed by atoms with Gasteiger partial charge in [0.1, 0.15) is 0 Å². The van der Waals surface area contributed by atoms with Crippen LogP contribution in [-0.2, 0) is 4.74 Å². The van der Waals surface area contributed by atoms with Crippen LogP contribution in [0.2, 0.25) is 0 Å². The fourth-order valence-corrected chi connectivity index (χ4v) is 3.31. The van der Waals surface area contributed by atoms with Crippen LogP contribution in [0.1, 0.15) is 44.9 Å². The monoisotopic (exact) mass is 245 g/mol. The Morgan fingerprint density at radius 1 is 1.19 bits per heavy atom. The fourth-order valence-electron chi connectivity index (χ4n) is 2.95. The van der Waals surface area contributed by atoms with Crippen molar-refractivity contribution < 1.29 is 4.74 Å². The number of halogens is 1. The van der Waals surface area contributed by atoms with E-state index in [1.165, 1.54) is 44.9 Å². The zero-order valence-electron chi connectivity index (χ0n) is 10.1. The van der Waals surface area contributed by atoms with Gasteiger partial charge in [0.15, 0.2) is 0 Å². The number of ether oxygens (including phenoxy) is 1. The Kier molecular flexibility index (Phi) is 4.93. The first-order valence-electron chi connectivity index (χ1n) is 6.73. The standard InChI is InChI=1S/C13H24ClNO/c14-10-13(6-2-3-7-13)11-15-9-12-5-1-4-8-16-12/h12,15H,1-11H2. The molecule has 2 nitrogen and oxygen atoms in total. The van der Waals surface area contributed by atoms with Crippen molar-refractivity contribution in [2.24, 2.45) is 5.41 Å². The van der Waals surface area contributed by atoms with Gasteiger partial charge in [0.2, 0.25) is 0 Å². The van der Waals surface area contributed by atoms with Crippen LogP contribution in [-0.4, -0.2) is 31.7 Å². The average Bonchev–Trinajstić information content (AvgIpc) is 2.80. The van der Waals surface area contributed by atoms with Crippen LogP contribution in [0.25, 0.3) is 0 Å². The maximum absolute atomic E-state index is 6.11. The van der Waals surface area contributed by atoms with Gasteiger partial charge in [-0.3, -0.25) is 0 Å². The summed E-state index contributed by atoms with van der Waals surface area (Å²) >= 11 is 6.11. The number of alkyl halides is 1. The summed E-state index contributed by atoms with van der Waals surface area (Å²) in [5.41, 5.74) is 0.385. The lowest BCUT2D eigenvalue weighted by atomic mass is 9.88. The summed E-state index contributed by atoms with van der Waals surface area (Å²) in [5, 5.41) is 3.58. The van der Waals surface area contributed by atoms with Gasteiger partial charge in [-0.15, -0.1) is 11.6 Å². The topological polar surface area (TPSA) is 21.3 Å². The van der Waals surface area contributed by atoms with Gasteiger partial charge in [0.05, 0.1) is 6.10 Å². The molecule has 1 aliphatic heterocycles. The van der Waals surface area contributed by atoms with E-state index in [1.54, 1.807) is 0 Å². The second-order valence-corrected chi connectivity index (χ2v) is 5.73. The largest absolute Gasteiger partial charge is 0.377 e. The van der Waals surface area contributed by atoms with Gasteiger partial charge in [0.25, 0.3) is 0 Å². The Labute approximate surface area is 104 Å². The third-order valence-corrected chi connectivity index (χ3v) is 4.66. The number of hydrogen-bond donors (Lipinski definition) is 1. The van der Waals surface area contributed by atoms with Gasteiger partial charge in [-0.1, -0.05) is 12.8 Å². The molecule has 2 fully saturated rings. The lowest BCUT2D eigenvalue weighted by molar-refractivity contribution is 0.0157. The predicted octanol–water partition coefficient (Wildman–Crippen LogP) is 2.94. The van der Waals surface area contributed by atoms with E-state index in [4.69, 9.17) is 16.3 Å². The Hall–Kier alpha value is 0.210. The van der Waals surface area contributed by atoms with Crippen LogP contribution in [0, 0.1) is 5.41 Å². The van der Waals surface area contributed by atoms with E-state index < -0.39 is 0 Å². The molecule has 2 aliphatic rings. The molecule has 0 bridgehead atoms. The van der Waals surface area contributed by atoms with Crippen LogP contribution < -0.4 is 5.32 Å². The SMILES string of the molecule is ClCC1(CNCC2CCCCO2)CCCC1. The highest BCUT2D eigenvalue weighted by molar-refractivity contribution is 6.18. The summed E-state index contributed by atoms with van der Waals surface area (Å²) in [7, 11) is 0. The summed E-state index contributed by atoms with van der Waals surface area (Å²) in [6.07, 6.45) is 9.55. The molecule has 1 saturated heterocycles. The Morgan fingerprint density at radius 3 is 2.62 bits per heavy atom. The van der Waals surface area contributed by atoms with Crippen LogP contribution >= 0.6 is 11.6 Å². The van der Waals surface area contributed by atoms with Crippen molar-refractivity contribution in [1.29, 1.82) is 0 Å². The lowest BCUT2D eigenvalue weighted by Gasteiger charge is -2.29. The highest BCUT2D eigenvalue weighted by Gasteiger charge is 2.32. The van der Waals surface area contributed by atoms with Gasteiger partial charge in [-0.25, -0.2) is 0 Å². The molecule has 1 heterocycles. The average molecular weight is 246 g/mol. The molecule has 94 valence electrons. The maximum Gasteiger partial charge on any atom is 0.0699 e. The first-order valence-corrected chi connectivity index (χ1v) is 7.26.